The molecule has 0 unspecified atom stereocenters. The third-order valence-electron chi connectivity index (χ3n) is 4.41. The second-order valence-corrected chi connectivity index (χ2v) is 8.37. The van der Waals surface area contributed by atoms with Gasteiger partial charge >= 0.3 is 6.01 Å². The minimum atomic E-state index is -3.16. The Balaban J connectivity index is 1.53. The fourth-order valence-corrected chi connectivity index (χ4v) is 3.53. The molecule has 26 heavy (non-hydrogen) atoms. The Hall–Kier alpha value is -2.07. The molecule has 142 valence electrons. The van der Waals surface area contributed by atoms with Gasteiger partial charge in [-0.1, -0.05) is 5.16 Å². The van der Waals surface area contributed by atoms with E-state index in [2.05, 4.69) is 20.2 Å². The van der Waals surface area contributed by atoms with Gasteiger partial charge in [-0.05, 0) is 49.8 Å². The molecule has 0 bridgehead atoms. The molecule has 3 rings (SSSR count). The fourth-order valence-electron chi connectivity index (χ4n) is 2.99. The largest absolute Gasteiger partial charge is 0.335 e. The molecule has 1 aliphatic carbocycles. The Morgan fingerprint density at radius 1 is 1.19 bits per heavy atom. The Morgan fingerprint density at radius 2 is 1.92 bits per heavy atom. The molecule has 1 aromatic carbocycles. The summed E-state index contributed by atoms with van der Waals surface area (Å²) in [6.07, 6.45) is 4.60. The molecule has 2 aromatic rings. The summed E-state index contributed by atoms with van der Waals surface area (Å²) in [6.45, 7) is 0.451. The van der Waals surface area contributed by atoms with E-state index in [0.29, 0.717) is 18.0 Å². The summed E-state index contributed by atoms with van der Waals surface area (Å²) in [5.41, 5.74) is 0.330. The maximum Gasteiger partial charge on any atom is 0.322 e. The van der Waals surface area contributed by atoms with Crippen molar-refractivity contribution in [2.45, 2.75) is 31.7 Å². The van der Waals surface area contributed by atoms with Crippen molar-refractivity contribution < 1.29 is 21.7 Å². The summed E-state index contributed by atoms with van der Waals surface area (Å²) < 4.78 is 56.2. The van der Waals surface area contributed by atoms with Crippen LogP contribution in [-0.2, 0) is 10.0 Å². The van der Waals surface area contributed by atoms with Gasteiger partial charge in [-0.3, -0.25) is 0 Å². The van der Waals surface area contributed by atoms with Crippen LogP contribution in [0, 0.1) is 17.6 Å². The number of anilines is 1. The third kappa shape index (κ3) is 4.98. The second-order valence-electron chi connectivity index (χ2n) is 6.53. The second kappa shape index (κ2) is 7.67. The lowest BCUT2D eigenvalue weighted by Crippen LogP contribution is -2.33. The highest BCUT2D eigenvalue weighted by atomic mass is 32.2. The summed E-state index contributed by atoms with van der Waals surface area (Å²) >= 11 is 0. The van der Waals surface area contributed by atoms with Crippen LogP contribution in [0.5, 0.6) is 0 Å². The van der Waals surface area contributed by atoms with E-state index in [9.17, 15) is 17.2 Å². The van der Waals surface area contributed by atoms with E-state index >= 15 is 0 Å². The van der Waals surface area contributed by atoms with Crippen LogP contribution in [0.4, 0.5) is 14.8 Å². The predicted octanol–water partition coefficient (Wildman–Crippen LogP) is 2.53. The quantitative estimate of drug-likeness (QED) is 0.792. The number of hydrogen-bond donors (Lipinski definition) is 2. The average Bonchev–Trinajstić information content (AvgIpc) is 3.04. The lowest BCUT2D eigenvalue weighted by atomic mass is 9.86. The van der Waals surface area contributed by atoms with Crippen molar-refractivity contribution >= 4 is 16.0 Å². The molecule has 1 aliphatic rings. The smallest absolute Gasteiger partial charge is 0.322 e. The summed E-state index contributed by atoms with van der Waals surface area (Å²) in [4.78, 5) is 4.16. The molecule has 0 saturated heterocycles. The Kier molecular flexibility index (Phi) is 5.52. The van der Waals surface area contributed by atoms with E-state index in [1.165, 1.54) is 6.07 Å². The van der Waals surface area contributed by atoms with Crippen molar-refractivity contribution in [3.05, 3.63) is 29.8 Å². The van der Waals surface area contributed by atoms with Crippen molar-refractivity contribution in [3.8, 4) is 11.4 Å². The number of hydrogen-bond acceptors (Lipinski definition) is 6. The summed E-state index contributed by atoms with van der Waals surface area (Å²) in [6, 6.07) is 3.78. The maximum absolute atomic E-state index is 13.3. The maximum atomic E-state index is 13.3. The molecule has 1 saturated carbocycles. The molecule has 0 radical (unpaired) electrons. The Labute approximate surface area is 150 Å². The van der Waals surface area contributed by atoms with Gasteiger partial charge in [0.05, 0.1) is 6.26 Å². The number of sulfonamides is 1. The normalized spacial score (nSPS) is 20.9. The van der Waals surface area contributed by atoms with Crippen molar-refractivity contribution in [1.29, 1.82) is 0 Å². The number of nitrogens with one attached hydrogen (secondary N) is 2. The first kappa shape index (κ1) is 18.7. The van der Waals surface area contributed by atoms with E-state index in [1.54, 1.807) is 0 Å². The zero-order chi connectivity index (χ0) is 18.7. The van der Waals surface area contributed by atoms with Crippen LogP contribution in [0.1, 0.15) is 25.7 Å². The van der Waals surface area contributed by atoms with Crippen LogP contribution in [-0.4, -0.2) is 37.4 Å². The lowest BCUT2D eigenvalue weighted by molar-refractivity contribution is 0.330. The molecule has 1 heterocycles. The summed E-state index contributed by atoms with van der Waals surface area (Å²) in [5.74, 6) is -1.42. The minimum Gasteiger partial charge on any atom is -0.335 e. The van der Waals surface area contributed by atoms with E-state index in [-0.39, 0.29) is 17.9 Å². The minimum absolute atomic E-state index is 0.141. The Morgan fingerprint density at radius 3 is 2.58 bits per heavy atom. The van der Waals surface area contributed by atoms with Crippen LogP contribution >= 0.6 is 0 Å². The first-order chi connectivity index (χ1) is 12.3. The van der Waals surface area contributed by atoms with Gasteiger partial charge in [0.2, 0.25) is 15.8 Å². The van der Waals surface area contributed by atoms with Gasteiger partial charge < -0.3 is 9.84 Å². The number of benzene rings is 1. The number of aromatic nitrogens is 2. The Bertz CT molecular complexity index is 864. The van der Waals surface area contributed by atoms with E-state index in [4.69, 9.17) is 4.52 Å². The van der Waals surface area contributed by atoms with Gasteiger partial charge in [0.15, 0.2) is 11.6 Å². The van der Waals surface area contributed by atoms with Crippen LogP contribution in [0.25, 0.3) is 11.4 Å². The number of rotatable bonds is 6. The third-order valence-corrected chi connectivity index (χ3v) is 5.10. The topological polar surface area (TPSA) is 97.1 Å². The molecule has 0 atom stereocenters. The molecule has 0 aliphatic heterocycles. The van der Waals surface area contributed by atoms with Gasteiger partial charge in [-0.15, -0.1) is 0 Å². The van der Waals surface area contributed by atoms with Crippen molar-refractivity contribution in [3.63, 3.8) is 0 Å². The molecular formula is C16H20F2N4O3S. The molecule has 7 nitrogen and oxygen atoms in total. The molecule has 1 fully saturated rings. The lowest BCUT2D eigenvalue weighted by Gasteiger charge is -2.28. The monoisotopic (exact) mass is 386 g/mol. The van der Waals surface area contributed by atoms with Crippen LogP contribution in [0.15, 0.2) is 22.7 Å². The van der Waals surface area contributed by atoms with Crippen LogP contribution < -0.4 is 10.0 Å². The number of halogens is 2. The molecule has 0 spiro atoms. The van der Waals surface area contributed by atoms with Gasteiger partial charge in [-0.2, -0.15) is 4.98 Å². The van der Waals surface area contributed by atoms with Gasteiger partial charge in [0.25, 0.3) is 0 Å². The van der Waals surface area contributed by atoms with Gasteiger partial charge in [0.1, 0.15) is 0 Å². The van der Waals surface area contributed by atoms with E-state index < -0.39 is 21.7 Å². The average molecular weight is 386 g/mol. The summed E-state index contributed by atoms with van der Waals surface area (Å²) in [5, 5.41) is 6.92. The first-order valence-corrected chi connectivity index (χ1v) is 10.2. The molecule has 10 heteroatoms. The van der Waals surface area contributed by atoms with E-state index in [1.807, 2.05) is 0 Å². The highest BCUT2D eigenvalue weighted by Crippen LogP contribution is 2.27. The number of nitrogens with zero attached hydrogens (tertiary/aromatic N) is 2. The van der Waals surface area contributed by atoms with Crippen LogP contribution in [0.3, 0.4) is 0 Å². The zero-order valence-corrected chi connectivity index (χ0v) is 15.0. The summed E-state index contributed by atoms with van der Waals surface area (Å²) in [7, 11) is -3.16. The molecule has 2 N–H and O–H groups in total. The van der Waals surface area contributed by atoms with Crippen molar-refractivity contribution in [1.82, 2.24) is 14.9 Å². The van der Waals surface area contributed by atoms with Gasteiger partial charge in [0, 0.05) is 18.2 Å². The van der Waals surface area contributed by atoms with Gasteiger partial charge in [-0.25, -0.2) is 21.9 Å². The van der Waals surface area contributed by atoms with Crippen molar-refractivity contribution in [2.75, 3.05) is 18.1 Å². The zero-order valence-electron chi connectivity index (χ0n) is 14.2. The fraction of sp³-hybridized carbons (Fsp3) is 0.500. The van der Waals surface area contributed by atoms with Crippen LogP contribution in [0.2, 0.25) is 0 Å². The van der Waals surface area contributed by atoms with Crippen molar-refractivity contribution in [2.24, 2.45) is 5.92 Å². The highest BCUT2D eigenvalue weighted by Gasteiger charge is 2.23. The standard InChI is InChI=1S/C16H20F2N4O3S/c1-26(23,24)19-9-10-2-5-12(6-3-10)20-16-21-15(22-25-16)11-4-7-13(17)14(18)8-11/h4,7-8,10,12,19H,2-3,5-6,9H2,1H3,(H,20,21,22)/t10-,12-. The molecular weight excluding hydrogens is 366 g/mol. The predicted molar refractivity (Wildman–Crippen MR) is 91.9 cm³/mol. The SMILES string of the molecule is CS(=O)(=O)NC[C@H]1CC[C@H](Nc2nc(-c3ccc(F)c(F)c3)no2)CC1. The molecule has 0 amide bonds. The molecule has 1 aromatic heterocycles. The van der Waals surface area contributed by atoms with E-state index in [0.717, 1.165) is 44.1 Å². The highest BCUT2D eigenvalue weighted by molar-refractivity contribution is 7.88. The first-order valence-electron chi connectivity index (χ1n) is 8.30.